The molecular weight excluding hydrogens is 309 g/mol. The number of halogens is 1. The van der Waals surface area contributed by atoms with Crippen molar-refractivity contribution in [1.29, 1.82) is 0 Å². The van der Waals surface area contributed by atoms with Crippen molar-refractivity contribution < 1.29 is 22.7 Å². The Hall–Kier alpha value is -2.41. The summed E-state index contributed by atoms with van der Waals surface area (Å²) in [6.07, 6.45) is 0. The summed E-state index contributed by atoms with van der Waals surface area (Å²) >= 11 is 0. The second-order valence-corrected chi connectivity index (χ2v) is 6.45. The van der Waals surface area contributed by atoms with Crippen LogP contribution < -0.4 is 4.72 Å². The van der Waals surface area contributed by atoms with E-state index in [9.17, 15) is 17.6 Å². The van der Waals surface area contributed by atoms with E-state index in [-0.39, 0.29) is 5.56 Å². The number of carboxylic acid groups (broad SMARTS) is 1. The molecule has 0 aliphatic carbocycles. The SMILES string of the molecule is Cc1cccc(NS(=O)(=O)c2cc(C(=O)O)ccc2F)c1C. The minimum absolute atomic E-state index is 0.303. The van der Waals surface area contributed by atoms with Crippen LogP contribution in [0.5, 0.6) is 0 Å². The molecule has 0 aromatic heterocycles. The van der Waals surface area contributed by atoms with Gasteiger partial charge in [0.05, 0.1) is 11.3 Å². The van der Waals surface area contributed by atoms with Crippen molar-refractivity contribution in [3.8, 4) is 0 Å². The normalized spacial score (nSPS) is 11.2. The summed E-state index contributed by atoms with van der Waals surface area (Å²) in [6, 6.07) is 7.67. The number of aryl methyl sites for hydroxylation is 1. The number of benzene rings is 2. The fourth-order valence-electron chi connectivity index (χ4n) is 1.90. The van der Waals surface area contributed by atoms with Crippen LogP contribution in [0.3, 0.4) is 0 Å². The number of rotatable bonds is 4. The van der Waals surface area contributed by atoms with Gasteiger partial charge in [-0.2, -0.15) is 0 Å². The van der Waals surface area contributed by atoms with Crippen molar-refractivity contribution in [3.05, 3.63) is 58.9 Å². The molecule has 22 heavy (non-hydrogen) atoms. The highest BCUT2D eigenvalue weighted by Crippen LogP contribution is 2.24. The Bertz CT molecular complexity index is 847. The maximum absolute atomic E-state index is 13.8. The maximum atomic E-state index is 13.8. The van der Waals surface area contributed by atoms with Gasteiger partial charge in [0, 0.05) is 0 Å². The van der Waals surface area contributed by atoms with Crippen molar-refractivity contribution in [2.75, 3.05) is 4.72 Å². The number of anilines is 1. The third kappa shape index (κ3) is 3.09. The fourth-order valence-corrected chi connectivity index (χ4v) is 3.13. The third-order valence-electron chi connectivity index (χ3n) is 3.32. The number of hydrogen-bond acceptors (Lipinski definition) is 3. The molecule has 0 saturated carbocycles. The van der Waals surface area contributed by atoms with Gasteiger partial charge in [-0.1, -0.05) is 12.1 Å². The zero-order valence-electron chi connectivity index (χ0n) is 11.9. The van der Waals surface area contributed by atoms with E-state index in [0.29, 0.717) is 11.3 Å². The van der Waals surface area contributed by atoms with Crippen LogP contribution in [-0.2, 0) is 10.0 Å². The molecular formula is C15H14FNO4S. The highest BCUT2D eigenvalue weighted by atomic mass is 32.2. The first-order valence-electron chi connectivity index (χ1n) is 6.34. The van der Waals surface area contributed by atoms with Crippen LogP contribution >= 0.6 is 0 Å². The maximum Gasteiger partial charge on any atom is 0.335 e. The van der Waals surface area contributed by atoms with Gasteiger partial charge in [-0.05, 0) is 49.2 Å². The van der Waals surface area contributed by atoms with Crippen LogP contribution in [0.4, 0.5) is 10.1 Å². The van der Waals surface area contributed by atoms with Crippen molar-refractivity contribution in [2.24, 2.45) is 0 Å². The van der Waals surface area contributed by atoms with Crippen LogP contribution in [-0.4, -0.2) is 19.5 Å². The van der Waals surface area contributed by atoms with Crippen molar-refractivity contribution in [1.82, 2.24) is 0 Å². The predicted octanol–water partition coefficient (Wildman–Crippen LogP) is 2.94. The fraction of sp³-hybridized carbons (Fsp3) is 0.133. The highest BCUT2D eigenvalue weighted by Gasteiger charge is 2.22. The van der Waals surface area contributed by atoms with E-state index >= 15 is 0 Å². The Balaban J connectivity index is 2.49. The number of aromatic carboxylic acids is 1. The first-order valence-corrected chi connectivity index (χ1v) is 7.82. The van der Waals surface area contributed by atoms with Crippen molar-refractivity contribution in [3.63, 3.8) is 0 Å². The molecule has 0 atom stereocenters. The monoisotopic (exact) mass is 323 g/mol. The number of nitrogens with one attached hydrogen (secondary N) is 1. The molecule has 2 rings (SSSR count). The lowest BCUT2D eigenvalue weighted by Gasteiger charge is -2.13. The van der Waals surface area contributed by atoms with Gasteiger partial charge in [0.2, 0.25) is 0 Å². The average Bonchev–Trinajstić information content (AvgIpc) is 2.43. The summed E-state index contributed by atoms with van der Waals surface area (Å²) < 4.78 is 40.7. The topological polar surface area (TPSA) is 83.5 Å². The summed E-state index contributed by atoms with van der Waals surface area (Å²) in [4.78, 5) is 10.2. The Morgan fingerprint density at radius 2 is 1.86 bits per heavy atom. The standard InChI is InChI=1S/C15H14FNO4S/c1-9-4-3-5-13(10(9)2)17-22(20,21)14-8-11(15(18)19)6-7-12(14)16/h3-8,17H,1-2H3,(H,18,19). The molecule has 0 radical (unpaired) electrons. The minimum Gasteiger partial charge on any atom is -0.478 e. The van der Waals surface area contributed by atoms with E-state index in [1.807, 2.05) is 13.0 Å². The molecule has 0 aliphatic rings. The van der Waals surface area contributed by atoms with Gasteiger partial charge in [-0.25, -0.2) is 17.6 Å². The summed E-state index contributed by atoms with van der Waals surface area (Å²) in [7, 11) is -4.23. The molecule has 2 aromatic carbocycles. The second-order valence-electron chi connectivity index (χ2n) is 4.80. The molecule has 0 unspecified atom stereocenters. The van der Waals surface area contributed by atoms with Crippen LogP contribution in [0.2, 0.25) is 0 Å². The average molecular weight is 323 g/mol. The Labute approximate surface area is 127 Å². The molecule has 5 nitrogen and oxygen atoms in total. The zero-order chi connectivity index (χ0) is 16.5. The van der Waals surface area contributed by atoms with E-state index in [4.69, 9.17) is 5.11 Å². The number of sulfonamides is 1. The molecule has 0 bridgehead atoms. The van der Waals surface area contributed by atoms with Crippen LogP contribution in [0, 0.1) is 19.7 Å². The first-order chi connectivity index (χ1) is 10.2. The molecule has 2 N–H and O–H groups in total. The van der Waals surface area contributed by atoms with Crippen LogP contribution in [0.25, 0.3) is 0 Å². The Morgan fingerprint density at radius 3 is 2.50 bits per heavy atom. The summed E-state index contributed by atoms with van der Waals surface area (Å²) in [5.74, 6) is -2.34. The van der Waals surface area contributed by atoms with E-state index in [2.05, 4.69) is 4.72 Å². The smallest absolute Gasteiger partial charge is 0.335 e. The van der Waals surface area contributed by atoms with Gasteiger partial charge < -0.3 is 5.11 Å². The number of carboxylic acids is 1. The van der Waals surface area contributed by atoms with Gasteiger partial charge in [0.15, 0.2) is 0 Å². The summed E-state index contributed by atoms with van der Waals surface area (Å²) in [6.45, 7) is 3.55. The van der Waals surface area contributed by atoms with Gasteiger partial charge in [-0.3, -0.25) is 4.72 Å². The lowest BCUT2D eigenvalue weighted by molar-refractivity contribution is 0.0696. The summed E-state index contributed by atoms with van der Waals surface area (Å²) in [5, 5.41) is 8.90. The largest absolute Gasteiger partial charge is 0.478 e. The number of carbonyl (C=O) groups is 1. The lowest BCUT2D eigenvalue weighted by Crippen LogP contribution is -2.16. The molecule has 0 aliphatic heterocycles. The molecule has 116 valence electrons. The molecule has 0 saturated heterocycles. The zero-order valence-corrected chi connectivity index (χ0v) is 12.7. The molecule has 0 spiro atoms. The molecule has 2 aromatic rings. The molecule has 0 heterocycles. The summed E-state index contributed by atoms with van der Waals surface area (Å²) in [5.41, 5.74) is 1.60. The lowest BCUT2D eigenvalue weighted by atomic mass is 10.1. The van der Waals surface area contributed by atoms with E-state index in [0.717, 1.165) is 23.8 Å². The minimum atomic E-state index is -4.23. The van der Waals surface area contributed by atoms with E-state index < -0.39 is 26.7 Å². The van der Waals surface area contributed by atoms with Crippen LogP contribution in [0.1, 0.15) is 21.5 Å². The molecule has 0 fully saturated rings. The van der Waals surface area contributed by atoms with Gasteiger partial charge in [0.1, 0.15) is 10.7 Å². The second kappa shape index (κ2) is 5.76. The quantitative estimate of drug-likeness (QED) is 0.906. The van der Waals surface area contributed by atoms with Crippen molar-refractivity contribution >= 4 is 21.7 Å². The Kier molecular flexibility index (Phi) is 4.18. The Morgan fingerprint density at radius 1 is 1.18 bits per heavy atom. The van der Waals surface area contributed by atoms with E-state index in [1.165, 1.54) is 0 Å². The number of hydrogen-bond donors (Lipinski definition) is 2. The van der Waals surface area contributed by atoms with E-state index in [1.54, 1.807) is 19.1 Å². The third-order valence-corrected chi connectivity index (χ3v) is 4.70. The molecule has 7 heteroatoms. The first kappa shape index (κ1) is 16.0. The highest BCUT2D eigenvalue weighted by molar-refractivity contribution is 7.92. The predicted molar refractivity (Wildman–Crippen MR) is 80.1 cm³/mol. The van der Waals surface area contributed by atoms with Gasteiger partial charge in [0.25, 0.3) is 10.0 Å². The van der Waals surface area contributed by atoms with Crippen LogP contribution in [0.15, 0.2) is 41.3 Å². The molecule has 0 amide bonds. The van der Waals surface area contributed by atoms with Gasteiger partial charge >= 0.3 is 5.97 Å². The van der Waals surface area contributed by atoms with Gasteiger partial charge in [-0.15, -0.1) is 0 Å². The van der Waals surface area contributed by atoms with Crippen molar-refractivity contribution in [2.45, 2.75) is 18.7 Å².